The van der Waals surface area contributed by atoms with Gasteiger partial charge >= 0.3 is 0 Å². The monoisotopic (exact) mass is 355 g/mol. The number of nitrogens with one attached hydrogen (secondary N) is 1. The number of likely N-dealkylation sites (tertiary alicyclic amines) is 1. The van der Waals surface area contributed by atoms with Crippen LogP contribution >= 0.6 is 11.3 Å². The molecule has 0 bridgehead atoms. The molecule has 1 unspecified atom stereocenters. The number of rotatable bonds is 2. The number of aromatic amines is 1. The van der Waals surface area contributed by atoms with Crippen LogP contribution < -0.4 is 5.56 Å². The minimum absolute atomic E-state index is 0.0464. The summed E-state index contributed by atoms with van der Waals surface area (Å²) in [5, 5.41) is 3.86. The summed E-state index contributed by atoms with van der Waals surface area (Å²) < 4.78 is 0. The number of aromatic nitrogens is 2. The van der Waals surface area contributed by atoms with E-state index in [0.29, 0.717) is 12.5 Å². The van der Waals surface area contributed by atoms with Crippen LogP contribution in [-0.4, -0.2) is 33.9 Å². The van der Waals surface area contributed by atoms with Gasteiger partial charge in [0.15, 0.2) is 0 Å². The van der Waals surface area contributed by atoms with Crippen LogP contribution in [0.3, 0.4) is 0 Å². The van der Waals surface area contributed by atoms with Crippen LogP contribution in [0.15, 0.2) is 21.6 Å². The first-order valence-electron chi connectivity index (χ1n) is 9.11. The topological polar surface area (TPSA) is 66.1 Å². The smallest absolute Gasteiger partial charge is 0.254 e. The summed E-state index contributed by atoms with van der Waals surface area (Å²) in [4.78, 5) is 35.2. The Balaban J connectivity index is 1.51. The molecule has 2 fully saturated rings. The summed E-state index contributed by atoms with van der Waals surface area (Å²) in [6, 6.07) is 1.89. The Labute approximate surface area is 150 Å². The van der Waals surface area contributed by atoms with Gasteiger partial charge in [0.2, 0.25) is 0 Å². The van der Waals surface area contributed by atoms with Gasteiger partial charge in [-0.1, -0.05) is 0 Å². The summed E-state index contributed by atoms with van der Waals surface area (Å²) >= 11 is 1.55. The second-order valence-electron chi connectivity index (χ2n) is 7.68. The number of H-pyrrole nitrogens is 1. The van der Waals surface area contributed by atoms with E-state index in [1.807, 2.05) is 21.7 Å². The predicted molar refractivity (Wildman–Crippen MR) is 96.3 cm³/mol. The molecule has 5 rings (SSSR count). The fourth-order valence-electron chi connectivity index (χ4n) is 4.49. The summed E-state index contributed by atoms with van der Waals surface area (Å²) in [5.74, 6) is 1.41. The number of thiophene rings is 1. The van der Waals surface area contributed by atoms with Gasteiger partial charge in [-0.05, 0) is 50.0 Å². The maximum atomic E-state index is 12.8. The molecule has 1 aliphatic heterocycles. The van der Waals surface area contributed by atoms with Crippen LogP contribution in [-0.2, 0) is 11.8 Å². The van der Waals surface area contributed by atoms with E-state index in [1.165, 1.54) is 0 Å². The van der Waals surface area contributed by atoms with Crippen molar-refractivity contribution in [2.24, 2.45) is 0 Å². The summed E-state index contributed by atoms with van der Waals surface area (Å²) in [7, 11) is 0. The van der Waals surface area contributed by atoms with Crippen molar-refractivity contribution in [1.82, 2.24) is 14.9 Å². The second-order valence-corrected chi connectivity index (χ2v) is 8.46. The van der Waals surface area contributed by atoms with E-state index in [9.17, 15) is 9.59 Å². The van der Waals surface area contributed by atoms with Gasteiger partial charge in [0, 0.05) is 35.4 Å². The maximum absolute atomic E-state index is 12.8. The Kier molecular flexibility index (Phi) is 3.39. The Morgan fingerprint density at radius 2 is 2.24 bits per heavy atom. The highest BCUT2D eigenvalue weighted by atomic mass is 32.1. The van der Waals surface area contributed by atoms with E-state index in [2.05, 4.69) is 4.98 Å². The first kappa shape index (κ1) is 15.3. The van der Waals surface area contributed by atoms with Gasteiger partial charge < -0.3 is 9.88 Å². The van der Waals surface area contributed by atoms with Crippen molar-refractivity contribution in [3.05, 3.63) is 49.8 Å². The molecule has 2 aromatic rings. The Morgan fingerprint density at radius 3 is 3.00 bits per heavy atom. The van der Waals surface area contributed by atoms with Gasteiger partial charge in [-0.2, -0.15) is 11.3 Å². The molecular weight excluding hydrogens is 334 g/mol. The molecule has 3 heterocycles. The molecule has 2 aromatic heterocycles. The number of nitrogens with zero attached hydrogens (tertiary/aromatic N) is 2. The molecule has 3 aliphatic rings. The van der Waals surface area contributed by atoms with Crippen LogP contribution in [0, 0.1) is 0 Å². The van der Waals surface area contributed by atoms with Gasteiger partial charge in [-0.25, -0.2) is 4.98 Å². The Bertz CT molecular complexity index is 885. The summed E-state index contributed by atoms with van der Waals surface area (Å²) in [5.41, 5.74) is 2.54. The van der Waals surface area contributed by atoms with Crippen molar-refractivity contribution in [2.45, 2.75) is 49.9 Å². The normalized spacial score (nSPS) is 25.4. The lowest BCUT2D eigenvalue weighted by molar-refractivity contribution is 0.0634. The van der Waals surface area contributed by atoms with Crippen LogP contribution in [0.25, 0.3) is 0 Å². The fourth-order valence-corrected chi connectivity index (χ4v) is 5.12. The quantitative estimate of drug-likeness (QED) is 0.901. The zero-order chi connectivity index (χ0) is 17.0. The van der Waals surface area contributed by atoms with Crippen molar-refractivity contribution in [1.29, 1.82) is 0 Å². The number of piperidine rings is 1. The number of hydrogen-bond acceptors (Lipinski definition) is 4. The van der Waals surface area contributed by atoms with Gasteiger partial charge in [-0.3, -0.25) is 9.59 Å². The first-order valence-corrected chi connectivity index (χ1v) is 10.1. The van der Waals surface area contributed by atoms with E-state index >= 15 is 0 Å². The molecule has 1 spiro atoms. The Morgan fingerprint density at radius 1 is 1.36 bits per heavy atom. The van der Waals surface area contributed by atoms with E-state index < -0.39 is 0 Å². The van der Waals surface area contributed by atoms with Crippen molar-refractivity contribution in [2.75, 3.05) is 13.1 Å². The van der Waals surface area contributed by atoms with Gasteiger partial charge in [0.1, 0.15) is 5.82 Å². The van der Waals surface area contributed by atoms with Crippen molar-refractivity contribution in [3.8, 4) is 0 Å². The number of fused-ring (bicyclic) bond motifs is 2. The van der Waals surface area contributed by atoms with E-state index in [4.69, 9.17) is 4.98 Å². The maximum Gasteiger partial charge on any atom is 0.254 e. The van der Waals surface area contributed by atoms with E-state index in [0.717, 1.165) is 67.7 Å². The van der Waals surface area contributed by atoms with Gasteiger partial charge in [0.25, 0.3) is 11.5 Å². The second kappa shape index (κ2) is 5.53. The van der Waals surface area contributed by atoms with Gasteiger partial charge in [0.05, 0.1) is 11.3 Å². The third-order valence-corrected chi connectivity index (χ3v) is 6.67. The number of amides is 1. The lowest BCUT2D eigenvalue weighted by Gasteiger charge is -2.40. The van der Waals surface area contributed by atoms with Crippen LogP contribution in [0.1, 0.15) is 65.5 Å². The van der Waals surface area contributed by atoms with Gasteiger partial charge in [-0.15, -0.1) is 0 Å². The largest absolute Gasteiger partial charge is 0.338 e. The number of carbonyl (C=O) groups excluding carboxylic acids is 1. The minimum atomic E-state index is -0.128. The summed E-state index contributed by atoms with van der Waals surface area (Å²) in [6.07, 6.45) is 5.95. The third kappa shape index (κ3) is 2.46. The predicted octanol–water partition coefficient (Wildman–Crippen LogP) is 2.83. The molecule has 1 amide bonds. The minimum Gasteiger partial charge on any atom is -0.338 e. The van der Waals surface area contributed by atoms with Crippen LogP contribution in [0.5, 0.6) is 0 Å². The summed E-state index contributed by atoms with van der Waals surface area (Å²) in [6.45, 7) is 1.49. The molecular formula is C19H21N3O2S. The molecule has 5 nitrogen and oxygen atoms in total. The lowest BCUT2D eigenvalue weighted by Crippen LogP contribution is -2.48. The first-order chi connectivity index (χ1) is 12.2. The molecule has 130 valence electrons. The van der Waals surface area contributed by atoms with Crippen LogP contribution in [0.4, 0.5) is 0 Å². The van der Waals surface area contributed by atoms with E-state index in [1.54, 1.807) is 11.3 Å². The average molecular weight is 355 g/mol. The zero-order valence-electron chi connectivity index (χ0n) is 14.1. The van der Waals surface area contributed by atoms with Crippen molar-refractivity contribution < 1.29 is 4.79 Å². The number of carbonyl (C=O) groups is 1. The fraction of sp³-hybridized carbons (Fsp3) is 0.526. The molecule has 2 aliphatic carbocycles. The molecule has 0 radical (unpaired) electrons. The van der Waals surface area contributed by atoms with Crippen LogP contribution in [0.2, 0.25) is 0 Å². The van der Waals surface area contributed by atoms with E-state index in [-0.39, 0.29) is 16.9 Å². The molecule has 1 saturated heterocycles. The standard InChI is InChI=1S/C19H21N3O2S/c23-17-14-4-7-19(15(14)20-16(21-17)12-2-3-12)6-1-8-22(11-19)18(24)13-5-9-25-10-13/h5,9-10,12H,1-4,6-8,11H2,(H,20,21,23). The highest BCUT2D eigenvalue weighted by molar-refractivity contribution is 7.08. The highest BCUT2D eigenvalue weighted by Gasteiger charge is 2.46. The molecule has 25 heavy (non-hydrogen) atoms. The molecule has 6 heteroatoms. The zero-order valence-corrected chi connectivity index (χ0v) is 14.9. The highest BCUT2D eigenvalue weighted by Crippen LogP contribution is 2.45. The molecule has 1 N–H and O–H groups in total. The Hall–Kier alpha value is -1.95. The third-order valence-electron chi connectivity index (χ3n) is 5.99. The van der Waals surface area contributed by atoms with Crippen molar-refractivity contribution >= 4 is 17.2 Å². The molecule has 1 atom stereocenters. The molecule has 1 saturated carbocycles. The molecule has 0 aromatic carbocycles. The SMILES string of the molecule is O=C(c1ccsc1)N1CCCC2(CCc3c2nc(C2CC2)[nH]c3=O)C1. The average Bonchev–Trinajstić information content (AvgIpc) is 3.22. The number of hydrogen-bond donors (Lipinski definition) is 1. The lowest BCUT2D eigenvalue weighted by atomic mass is 9.77. The van der Waals surface area contributed by atoms with Crippen molar-refractivity contribution in [3.63, 3.8) is 0 Å².